The van der Waals surface area contributed by atoms with E-state index < -0.39 is 0 Å². The second-order valence-electron chi connectivity index (χ2n) is 8.19. The Hall–Kier alpha value is -2.52. The van der Waals surface area contributed by atoms with Crippen molar-refractivity contribution in [1.29, 1.82) is 0 Å². The highest BCUT2D eigenvalue weighted by atomic mass is 16.5. The molecule has 1 spiro atoms. The molecule has 2 unspecified atom stereocenters. The molecule has 3 aromatic rings. The highest BCUT2D eigenvalue weighted by molar-refractivity contribution is 5.43. The molecule has 28 heavy (non-hydrogen) atoms. The minimum Gasteiger partial charge on any atom is -0.481 e. The predicted molar refractivity (Wildman–Crippen MR) is 113 cm³/mol. The van der Waals surface area contributed by atoms with Gasteiger partial charge in [-0.3, -0.25) is 0 Å². The quantitative estimate of drug-likeness (QED) is 0.681. The summed E-state index contributed by atoms with van der Waals surface area (Å²) in [5.74, 6) is 1.39. The van der Waals surface area contributed by atoms with Gasteiger partial charge in [-0.1, -0.05) is 55.5 Å². The Kier molecular flexibility index (Phi) is 4.48. The van der Waals surface area contributed by atoms with E-state index in [-0.39, 0.29) is 5.60 Å². The smallest absolute Gasteiger partial charge is 0.150 e. The minimum absolute atomic E-state index is 0.266. The van der Waals surface area contributed by atoms with Crippen LogP contribution in [0.1, 0.15) is 54.5 Å². The number of hydrogen-bond acceptors (Lipinski definition) is 2. The average Bonchev–Trinajstić information content (AvgIpc) is 2.93. The summed E-state index contributed by atoms with van der Waals surface area (Å²) in [6.07, 6.45) is 5.45. The van der Waals surface area contributed by atoms with E-state index in [1.54, 1.807) is 0 Å². The molecule has 0 bridgehead atoms. The largest absolute Gasteiger partial charge is 0.481 e. The molecule has 144 valence electrons. The van der Waals surface area contributed by atoms with Crippen molar-refractivity contribution in [2.45, 2.75) is 44.2 Å². The summed E-state index contributed by atoms with van der Waals surface area (Å²) in [7, 11) is 0. The molecule has 2 aliphatic rings. The number of aromatic nitrogens is 1. The predicted octanol–water partition coefficient (Wildman–Crippen LogP) is 5.05. The Morgan fingerprint density at radius 1 is 0.964 bits per heavy atom. The van der Waals surface area contributed by atoms with Crippen molar-refractivity contribution in [2.24, 2.45) is 0 Å². The lowest BCUT2D eigenvalue weighted by Gasteiger charge is -2.35. The van der Waals surface area contributed by atoms with Crippen LogP contribution >= 0.6 is 0 Å². The lowest BCUT2D eigenvalue weighted by atomic mass is 9.83. The lowest BCUT2D eigenvalue weighted by molar-refractivity contribution is 0.0475. The van der Waals surface area contributed by atoms with Gasteiger partial charge in [-0.25, -0.2) is 0 Å². The molecule has 5 rings (SSSR count). The summed E-state index contributed by atoms with van der Waals surface area (Å²) in [6, 6.07) is 21.7. The first-order valence-corrected chi connectivity index (χ1v) is 10.5. The lowest BCUT2D eigenvalue weighted by Crippen LogP contribution is -2.36. The van der Waals surface area contributed by atoms with Crippen molar-refractivity contribution in [3.05, 3.63) is 89.2 Å². The molecule has 0 aliphatic carbocycles. The standard InChI is InChI=1S/C25H28N2O/c1-19(20-8-3-2-4-9-20)22-12-17-27-18-21-10-5-6-11-23(21)28-25(24(22)27)13-7-15-26-16-14-25/h2-6,8-12,17,19,26H,7,13-16,18H2,1H3. The number of nitrogens with one attached hydrogen (secondary N) is 1. The monoisotopic (exact) mass is 372 g/mol. The number of hydrogen-bond donors (Lipinski definition) is 1. The van der Waals surface area contributed by atoms with Crippen molar-refractivity contribution < 1.29 is 4.74 Å². The molecule has 2 aliphatic heterocycles. The van der Waals surface area contributed by atoms with Crippen LogP contribution in [0.5, 0.6) is 5.75 Å². The van der Waals surface area contributed by atoms with Gasteiger partial charge in [0.2, 0.25) is 0 Å². The van der Waals surface area contributed by atoms with Crippen LogP contribution in [0.4, 0.5) is 0 Å². The van der Waals surface area contributed by atoms with Crippen LogP contribution in [0.2, 0.25) is 0 Å². The van der Waals surface area contributed by atoms with Gasteiger partial charge in [0, 0.05) is 24.1 Å². The SMILES string of the molecule is CC(c1ccccc1)c1ccn2c1C1(CCCNCC1)Oc1ccccc1C2. The summed E-state index contributed by atoms with van der Waals surface area (Å²) >= 11 is 0. The fraction of sp³-hybridized carbons (Fsp3) is 0.360. The molecule has 3 heterocycles. The van der Waals surface area contributed by atoms with Gasteiger partial charge in [-0.2, -0.15) is 0 Å². The van der Waals surface area contributed by atoms with Gasteiger partial charge in [-0.05, 0) is 49.2 Å². The molecule has 1 fully saturated rings. The summed E-state index contributed by atoms with van der Waals surface area (Å²) < 4.78 is 9.37. The first-order valence-electron chi connectivity index (χ1n) is 10.5. The zero-order valence-electron chi connectivity index (χ0n) is 16.5. The van der Waals surface area contributed by atoms with Crippen LogP contribution in [-0.2, 0) is 12.1 Å². The van der Waals surface area contributed by atoms with Gasteiger partial charge in [0.25, 0.3) is 0 Å². The zero-order valence-corrected chi connectivity index (χ0v) is 16.5. The maximum atomic E-state index is 6.92. The fourth-order valence-electron chi connectivity index (χ4n) is 4.97. The minimum atomic E-state index is -0.266. The molecule has 1 saturated heterocycles. The number of rotatable bonds is 2. The molecule has 1 aromatic heterocycles. The number of ether oxygens (including phenoxy) is 1. The van der Waals surface area contributed by atoms with Crippen LogP contribution in [-0.4, -0.2) is 17.7 Å². The summed E-state index contributed by atoms with van der Waals surface area (Å²) in [5, 5.41) is 3.58. The van der Waals surface area contributed by atoms with Crippen molar-refractivity contribution in [3.63, 3.8) is 0 Å². The topological polar surface area (TPSA) is 26.2 Å². The fourth-order valence-corrected chi connectivity index (χ4v) is 4.97. The van der Waals surface area contributed by atoms with Crippen LogP contribution in [0.25, 0.3) is 0 Å². The third-order valence-corrected chi connectivity index (χ3v) is 6.45. The van der Waals surface area contributed by atoms with E-state index in [0.717, 1.165) is 44.6 Å². The summed E-state index contributed by atoms with van der Waals surface area (Å²) in [6.45, 7) is 5.26. The number of para-hydroxylation sites is 1. The second-order valence-corrected chi connectivity index (χ2v) is 8.19. The Bertz CT molecular complexity index is 952. The van der Waals surface area contributed by atoms with Gasteiger partial charge < -0.3 is 14.6 Å². The molecule has 3 heteroatoms. The number of nitrogens with zero attached hydrogens (tertiary/aromatic N) is 1. The molecule has 0 radical (unpaired) electrons. The van der Waals surface area contributed by atoms with Gasteiger partial charge in [-0.15, -0.1) is 0 Å². The van der Waals surface area contributed by atoms with Crippen molar-refractivity contribution in [2.75, 3.05) is 13.1 Å². The maximum Gasteiger partial charge on any atom is 0.150 e. The van der Waals surface area contributed by atoms with E-state index in [1.165, 1.54) is 22.4 Å². The van der Waals surface area contributed by atoms with Crippen molar-refractivity contribution in [1.82, 2.24) is 9.88 Å². The van der Waals surface area contributed by atoms with Crippen LogP contribution < -0.4 is 10.1 Å². The first-order chi connectivity index (χ1) is 13.8. The van der Waals surface area contributed by atoms with E-state index in [1.807, 2.05) is 0 Å². The zero-order chi connectivity index (χ0) is 19.0. The van der Waals surface area contributed by atoms with Crippen LogP contribution in [0.3, 0.4) is 0 Å². The number of fused-ring (bicyclic) bond motifs is 3. The number of benzene rings is 2. The van der Waals surface area contributed by atoms with E-state index in [0.29, 0.717) is 5.92 Å². The van der Waals surface area contributed by atoms with E-state index >= 15 is 0 Å². The molecular formula is C25H28N2O. The first kappa shape index (κ1) is 17.6. The Labute approximate surface area is 167 Å². The Morgan fingerprint density at radius 3 is 2.68 bits per heavy atom. The van der Waals surface area contributed by atoms with Gasteiger partial charge >= 0.3 is 0 Å². The summed E-state index contributed by atoms with van der Waals surface area (Å²) in [4.78, 5) is 0. The van der Waals surface area contributed by atoms with Gasteiger partial charge in [0.05, 0.1) is 12.2 Å². The van der Waals surface area contributed by atoms with E-state index in [9.17, 15) is 0 Å². The average molecular weight is 373 g/mol. The van der Waals surface area contributed by atoms with Crippen molar-refractivity contribution in [3.8, 4) is 5.75 Å². The highest BCUT2D eigenvalue weighted by Gasteiger charge is 2.42. The molecular weight excluding hydrogens is 344 g/mol. The normalized spacial score (nSPS) is 22.5. The Morgan fingerprint density at radius 2 is 1.79 bits per heavy atom. The highest BCUT2D eigenvalue weighted by Crippen LogP contribution is 2.45. The second kappa shape index (κ2) is 7.14. The maximum absolute atomic E-state index is 6.92. The van der Waals surface area contributed by atoms with E-state index in [4.69, 9.17) is 4.74 Å². The van der Waals surface area contributed by atoms with Crippen LogP contribution in [0, 0.1) is 0 Å². The molecule has 1 N–H and O–H groups in total. The third kappa shape index (κ3) is 2.94. The van der Waals surface area contributed by atoms with Crippen LogP contribution in [0.15, 0.2) is 66.9 Å². The van der Waals surface area contributed by atoms with Crippen molar-refractivity contribution >= 4 is 0 Å². The van der Waals surface area contributed by atoms with Gasteiger partial charge in [0.15, 0.2) is 5.60 Å². The summed E-state index contributed by atoms with van der Waals surface area (Å²) in [5.41, 5.74) is 5.15. The molecule has 2 aromatic carbocycles. The molecule has 0 saturated carbocycles. The molecule has 0 amide bonds. The Balaban J connectivity index is 1.67. The molecule has 2 atom stereocenters. The van der Waals surface area contributed by atoms with E-state index in [2.05, 4.69) is 83.7 Å². The van der Waals surface area contributed by atoms with Gasteiger partial charge in [0.1, 0.15) is 5.75 Å². The third-order valence-electron chi connectivity index (χ3n) is 6.45. The molecule has 3 nitrogen and oxygen atoms in total.